The maximum atomic E-state index is 11.7. The van der Waals surface area contributed by atoms with Gasteiger partial charge in [-0.15, -0.1) is 0 Å². The number of carbonyl (C=O) groups excluding carboxylic acids is 1. The van der Waals surface area contributed by atoms with Crippen LogP contribution in [0.5, 0.6) is 0 Å². The summed E-state index contributed by atoms with van der Waals surface area (Å²) < 4.78 is 5.61. The van der Waals surface area contributed by atoms with Crippen LogP contribution in [0.3, 0.4) is 0 Å². The van der Waals surface area contributed by atoms with Crippen LogP contribution < -0.4 is 0 Å². The van der Waals surface area contributed by atoms with Crippen molar-refractivity contribution in [2.45, 2.75) is 57.8 Å². The van der Waals surface area contributed by atoms with Crippen molar-refractivity contribution in [3.63, 3.8) is 0 Å². The first-order chi connectivity index (χ1) is 10.2. The summed E-state index contributed by atoms with van der Waals surface area (Å²) in [7, 11) is 1.87. The Morgan fingerprint density at radius 1 is 1.19 bits per heavy atom. The van der Waals surface area contributed by atoms with Crippen molar-refractivity contribution in [1.29, 1.82) is 0 Å². The molecular weight excluding hydrogens is 260 g/mol. The van der Waals surface area contributed by atoms with Crippen molar-refractivity contribution in [3.8, 4) is 0 Å². The minimum absolute atomic E-state index is 0.346. The maximum Gasteiger partial charge on any atom is 0.156 e. The average Bonchev–Trinajstić information content (AvgIpc) is 2.90. The molecule has 0 spiro atoms. The highest BCUT2D eigenvalue weighted by Crippen LogP contribution is 2.60. The number of methoxy groups -OCH3 is 1. The lowest BCUT2D eigenvalue weighted by molar-refractivity contribution is -0.114. The molecule has 0 saturated heterocycles. The summed E-state index contributed by atoms with van der Waals surface area (Å²) in [5.74, 6) is 1.97. The van der Waals surface area contributed by atoms with Gasteiger partial charge in [0.05, 0.1) is 6.61 Å². The van der Waals surface area contributed by atoms with E-state index in [1.165, 1.54) is 44.1 Å². The number of ether oxygens (including phenoxy) is 1. The van der Waals surface area contributed by atoms with Gasteiger partial charge in [0.25, 0.3) is 0 Å². The maximum absolute atomic E-state index is 11.7. The number of hydrogen-bond acceptors (Lipinski definition) is 2. The van der Waals surface area contributed by atoms with Crippen LogP contribution in [0, 0.1) is 17.3 Å². The summed E-state index contributed by atoms with van der Waals surface area (Å²) in [6.07, 6.45) is 12.8. The van der Waals surface area contributed by atoms with Crippen molar-refractivity contribution in [2.75, 3.05) is 13.7 Å². The highest BCUT2D eigenvalue weighted by molar-refractivity contribution is 5.93. The highest BCUT2D eigenvalue weighted by atomic mass is 16.5. The molecule has 114 valence electrons. The summed E-state index contributed by atoms with van der Waals surface area (Å²) in [4.78, 5) is 11.7. The number of carbonyl (C=O) groups is 1. The number of ketones is 1. The predicted molar refractivity (Wildman–Crippen MR) is 83.0 cm³/mol. The van der Waals surface area contributed by atoms with E-state index in [0.717, 1.165) is 37.7 Å². The molecule has 0 aromatic carbocycles. The molecule has 2 nitrogen and oxygen atoms in total. The molecule has 0 aromatic heterocycles. The van der Waals surface area contributed by atoms with Crippen molar-refractivity contribution >= 4 is 5.78 Å². The lowest BCUT2D eigenvalue weighted by atomic mass is 9.57. The van der Waals surface area contributed by atoms with Crippen molar-refractivity contribution < 1.29 is 9.53 Å². The fourth-order valence-electron chi connectivity index (χ4n) is 5.87. The fourth-order valence-corrected chi connectivity index (χ4v) is 5.87. The van der Waals surface area contributed by atoms with Gasteiger partial charge in [0.15, 0.2) is 5.78 Å². The first-order valence-electron chi connectivity index (χ1n) is 8.68. The van der Waals surface area contributed by atoms with Gasteiger partial charge in [0.2, 0.25) is 0 Å². The monoisotopic (exact) mass is 286 g/mol. The molecule has 0 aromatic rings. The molecule has 4 aliphatic carbocycles. The molecule has 4 rings (SSSR count). The van der Waals surface area contributed by atoms with E-state index in [1.807, 2.05) is 13.2 Å². The van der Waals surface area contributed by atoms with E-state index in [0.29, 0.717) is 11.2 Å². The van der Waals surface area contributed by atoms with Gasteiger partial charge in [0, 0.05) is 13.5 Å². The molecule has 3 atom stereocenters. The molecule has 0 amide bonds. The molecule has 2 fully saturated rings. The Balaban J connectivity index is 1.70. The lowest BCUT2D eigenvalue weighted by Crippen LogP contribution is -2.41. The van der Waals surface area contributed by atoms with Crippen molar-refractivity contribution in [2.24, 2.45) is 17.3 Å². The van der Waals surface area contributed by atoms with E-state index in [-0.39, 0.29) is 0 Å². The molecular formula is C19H26O2. The van der Waals surface area contributed by atoms with Crippen LogP contribution in [0.25, 0.3) is 0 Å². The van der Waals surface area contributed by atoms with Crippen LogP contribution in [-0.4, -0.2) is 19.5 Å². The van der Waals surface area contributed by atoms with Gasteiger partial charge in [-0.1, -0.05) is 12.0 Å². The lowest BCUT2D eigenvalue weighted by Gasteiger charge is -2.48. The Kier molecular flexibility index (Phi) is 3.33. The van der Waals surface area contributed by atoms with E-state index in [9.17, 15) is 4.79 Å². The van der Waals surface area contributed by atoms with E-state index >= 15 is 0 Å². The largest absolute Gasteiger partial charge is 0.384 e. The van der Waals surface area contributed by atoms with Gasteiger partial charge in [0.1, 0.15) is 0 Å². The predicted octanol–water partition coefficient (Wildman–Crippen LogP) is 4.21. The third kappa shape index (κ3) is 2.06. The van der Waals surface area contributed by atoms with Gasteiger partial charge in [-0.3, -0.25) is 4.79 Å². The summed E-state index contributed by atoms with van der Waals surface area (Å²) in [5.41, 5.74) is 5.17. The number of hydrogen-bond donors (Lipinski definition) is 0. The zero-order valence-electron chi connectivity index (χ0n) is 13.1. The second kappa shape index (κ2) is 5.08. The molecule has 4 aliphatic rings. The molecule has 0 heterocycles. The smallest absolute Gasteiger partial charge is 0.156 e. The number of rotatable bonds is 2. The molecule has 21 heavy (non-hydrogen) atoms. The summed E-state index contributed by atoms with van der Waals surface area (Å²) in [5, 5.41) is 0. The number of fused-ring (bicyclic) bond motifs is 4. The molecule has 0 unspecified atom stereocenters. The van der Waals surface area contributed by atoms with Crippen LogP contribution in [-0.2, 0) is 9.53 Å². The van der Waals surface area contributed by atoms with Gasteiger partial charge in [-0.2, -0.15) is 0 Å². The highest BCUT2D eigenvalue weighted by Gasteiger charge is 2.51. The zero-order chi connectivity index (χ0) is 14.4. The second-order valence-electron chi connectivity index (χ2n) is 7.58. The minimum Gasteiger partial charge on any atom is -0.384 e. The van der Waals surface area contributed by atoms with Crippen molar-refractivity contribution in [3.05, 3.63) is 22.8 Å². The van der Waals surface area contributed by atoms with Crippen LogP contribution >= 0.6 is 0 Å². The molecule has 0 N–H and O–H groups in total. The Labute approximate surface area is 127 Å². The third-order valence-electron chi connectivity index (χ3n) is 6.69. The second-order valence-corrected chi connectivity index (χ2v) is 7.58. The summed E-state index contributed by atoms with van der Waals surface area (Å²) in [6.45, 7) is 0.956. The summed E-state index contributed by atoms with van der Waals surface area (Å²) >= 11 is 0. The third-order valence-corrected chi connectivity index (χ3v) is 6.69. The molecule has 0 radical (unpaired) electrons. The molecule has 2 heteroatoms. The molecule has 0 bridgehead atoms. The van der Waals surface area contributed by atoms with E-state index in [4.69, 9.17) is 4.74 Å². The van der Waals surface area contributed by atoms with E-state index < -0.39 is 0 Å². The Morgan fingerprint density at radius 3 is 2.95 bits per heavy atom. The van der Waals surface area contributed by atoms with Crippen LogP contribution in [0.2, 0.25) is 0 Å². The van der Waals surface area contributed by atoms with Gasteiger partial charge in [-0.25, -0.2) is 0 Å². The average molecular weight is 286 g/mol. The molecule has 0 aliphatic heterocycles. The fraction of sp³-hybridized carbons (Fsp3) is 0.737. The van der Waals surface area contributed by atoms with Gasteiger partial charge < -0.3 is 4.74 Å². The Morgan fingerprint density at radius 2 is 2.10 bits per heavy atom. The van der Waals surface area contributed by atoms with E-state index in [2.05, 4.69) is 0 Å². The van der Waals surface area contributed by atoms with Crippen molar-refractivity contribution in [1.82, 2.24) is 0 Å². The first kappa shape index (κ1) is 13.8. The van der Waals surface area contributed by atoms with Gasteiger partial charge >= 0.3 is 0 Å². The normalized spacial score (nSPS) is 38.7. The topological polar surface area (TPSA) is 26.3 Å². The zero-order valence-corrected chi connectivity index (χ0v) is 13.1. The Bertz CT molecular complexity index is 528. The first-order valence-corrected chi connectivity index (χ1v) is 8.68. The Hall–Kier alpha value is -0.890. The van der Waals surface area contributed by atoms with Crippen LogP contribution in [0.1, 0.15) is 57.8 Å². The van der Waals surface area contributed by atoms with Crippen LogP contribution in [0.15, 0.2) is 22.8 Å². The number of allylic oxidation sites excluding steroid dienone is 4. The van der Waals surface area contributed by atoms with E-state index in [1.54, 1.807) is 11.1 Å². The van der Waals surface area contributed by atoms with Crippen LogP contribution in [0.4, 0.5) is 0 Å². The summed E-state index contributed by atoms with van der Waals surface area (Å²) in [6, 6.07) is 0. The quantitative estimate of drug-likeness (QED) is 0.760. The van der Waals surface area contributed by atoms with Gasteiger partial charge in [-0.05, 0) is 79.4 Å². The molecule has 2 saturated carbocycles. The SMILES string of the molecule is COC[C@@]12CCC[C@H]1[C@@H]1CCC3=CC(=O)CCC3=C1CC2. The standard InChI is InChI=1S/C19H26O2/c1-21-12-19-9-2-3-18(19)17-6-4-13-11-14(20)5-7-15(13)16(17)8-10-19/h11,17-18H,2-10,12H2,1H3/t17-,18+,19+/m1/s1. The minimum atomic E-state index is 0.346.